The number of nitrogens with zero attached hydrogens (tertiary/aromatic N) is 1. The van der Waals surface area contributed by atoms with Crippen LogP contribution < -0.4 is 5.32 Å². The summed E-state index contributed by atoms with van der Waals surface area (Å²) in [4.78, 5) is 26.4. The molecule has 6 heteroatoms. The van der Waals surface area contributed by atoms with Gasteiger partial charge < -0.3 is 5.32 Å². The van der Waals surface area contributed by atoms with Crippen LogP contribution in [0.3, 0.4) is 0 Å². The van der Waals surface area contributed by atoms with Gasteiger partial charge in [0.2, 0.25) is 0 Å². The molecule has 1 aliphatic heterocycles. The summed E-state index contributed by atoms with van der Waals surface area (Å²) < 4.78 is 1.13. The molecule has 0 bridgehead atoms. The number of anilines is 1. The van der Waals surface area contributed by atoms with Crippen LogP contribution in [0.15, 0.2) is 53.4 Å². The van der Waals surface area contributed by atoms with E-state index < -0.39 is 0 Å². The topological polar surface area (TPSA) is 49.4 Å². The number of carbonyl (C=O) groups is 2. The number of halogens is 1. The Bertz CT molecular complexity index is 845. The molecule has 0 atom stereocenters. The van der Waals surface area contributed by atoms with Crippen molar-refractivity contribution in [2.75, 3.05) is 12.0 Å². The smallest absolute Gasteiger partial charge is 0.295 e. The number of nitrogens with one attached hydrogen (secondary N) is 1. The van der Waals surface area contributed by atoms with Gasteiger partial charge in [0.1, 0.15) is 0 Å². The zero-order chi connectivity index (χ0) is 18.7. The maximum atomic E-state index is 12.5. The van der Waals surface area contributed by atoms with Gasteiger partial charge >= 0.3 is 0 Å². The second-order valence-electron chi connectivity index (χ2n) is 6.27. The Balaban J connectivity index is 1.68. The van der Waals surface area contributed by atoms with E-state index in [-0.39, 0.29) is 17.8 Å². The minimum absolute atomic E-state index is 0.162. The van der Waals surface area contributed by atoms with Gasteiger partial charge in [-0.1, -0.05) is 38.1 Å². The summed E-state index contributed by atoms with van der Waals surface area (Å²) >= 11 is 3.21. The first-order valence-electron chi connectivity index (χ1n) is 8.29. The summed E-state index contributed by atoms with van der Waals surface area (Å²) in [7, 11) is 0. The first kappa shape index (κ1) is 19.0. The summed E-state index contributed by atoms with van der Waals surface area (Å²) in [5, 5.41) is 2.87. The number of hydrogen-bond donors (Lipinski definition) is 1. The number of carbonyl (C=O) groups excluding carboxylic acids is 2. The summed E-state index contributed by atoms with van der Waals surface area (Å²) in [5.74, 6) is 0.203. The van der Waals surface area contributed by atoms with E-state index in [1.807, 2.05) is 36.4 Å². The van der Waals surface area contributed by atoms with E-state index in [9.17, 15) is 9.59 Å². The highest BCUT2D eigenvalue weighted by Gasteiger charge is 2.34. The molecule has 1 aliphatic rings. The first-order chi connectivity index (χ1) is 12.4. The molecule has 134 valence electrons. The van der Waals surface area contributed by atoms with Crippen LogP contribution in [-0.2, 0) is 4.79 Å². The zero-order valence-electron chi connectivity index (χ0n) is 14.5. The number of imide groups is 1. The molecule has 0 saturated carbocycles. The third-order valence-electron chi connectivity index (χ3n) is 4.06. The van der Waals surface area contributed by atoms with Crippen molar-refractivity contribution >= 4 is 57.3 Å². The molecule has 0 unspecified atom stereocenters. The molecule has 26 heavy (non-hydrogen) atoms. The van der Waals surface area contributed by atoms with Crippen LogP contribution in [0, 0.1) is 3.57 Å². The van der Waals surface area contributed by atoms with E-state index in [1.54, 1.807) is 6.08 Å². The van der Waals surface area contributed by atoms with Crippen LogP contribution in [0.4, 0.5) is 10.5 Å². The predicted molar refractivity (Wildman–Crippen MR) is 116 cm³/mol. The normalized spacial score (nSPS) is 16.0. The van der Waals surface area contributed by atoms with Crippen LogP contribution in [0.2, 0.25) is 0 Å². The van der Waals surface area contributed by atoms with Crippen LogP contribution in [0.1, 0.15) is 30.9 Å². The molecule has 2 aromatic rings. The highest BCUT2D eigenvalue weighted by molar-refractivity contribution is 14.1. The van der Waals surface area contributed by atoms with E-state index in [2.05, 4.69) is 53.9 Å². The van der Waals surface area contributed by atoms with Gasteiger partial charge in [-0.3, -0.25) is 14.5 Å². The van der Waals surface area contributed by atoms with Crippen molar-refractivity contribution in [1.29, 1.82) is 0 Å². The van der Waals surface area contributed by atoms with Crippen molar-refractivity contribution in [2.24, 2.45) is 0 Å². The highest BCUT2D eigenvalue weighted by atomic mass is 127. The molecule has 2 amide bonds. The van der Waals surface area contributed by atoms with E-state index in [1.165, 1.54) is 10.5 Å². The summed E-state index contributed by atoms with van der Waals surface area (Å²) in [6, 6.07) is 15.9. The lowest BCUT2D eigenvalue weighted by molar-refractivity contribution is -0.122. The molecule has 1 N–H and O–H groups in total. The Labute approximate surface area is 171 Å². The molecular weight excluding hydrogens is 459 g/mol. The predicted octanol–water partition coefficient (Wildman–Crippen LogP) is 5.52. The third-order valence-corrected chi connectivity index (χ3v) is 5.69. The quantitative estimate of drug-likeness (QED) is 0.454. The minimum atomic E-state index is -0.258. The molecule has 1 fully saturated rings. The molecule has 0 radical (unpaired) electrons. The second kappa shape index (κ2) is 8.26. The van der Waals surface area contributed by atoms with Crippen molar-refractivity contribution < 1.29 is 9.59 Å². The Morgan fingerprint density at radius 2 is 1.73 bits per heavy atom. The molecule has 3 rings (SSSR count). The van der Waals surface area contributed by atoms with Crippen molar-refractivity contribution in [3.05, 3.63) is 68.1 Å². The number of hydrogen-bond acceptors (Lipinski definition) is 4. The van der Waals surface area contributed by atoms with Gasteiger partial charge in [-0.25, -0.2) is 0 Å². The van der Waals surface area contributed by atoms with Gasteiger partial charge in [0.25, 0.3) is 11.1 Å². The number of amides is 2. The van der Waals surface area contributed by atoms with Gasteiger partial charge in [-0.2, -0.15) is 0 Å². The van der Waals surface area contributed by atoms with Crippen LogP contribution in [-0.4, -0.2) is 22.7 Å². The molecule has 1 heterocycles. The Morgan fingerprint density at radius 1 is 1.08 bits per heavy atom. The summed E-state index contributed by atoms with van der Waals surface area (Å²) in [6.45, 7) is 4.44. The van der Waals surface area contributed by atoms with E-state index in [0.717, 1.165) is 26.6 Å². The molecule has 0 spiro atoms. The first-order valence-corrected chi connectivity index (χ1v) is 10.2. The van der Waals surface area contributed by atoms with Crippen LogP contribution >= 0.6 is 34.4 Å². The standard InChI is InChI=1S/C20H19IN2O2S/c1-13(2)15-5-3-14(4-6-15)11-18-19(24)23(20(25)26-18)12-22-17-9-7-16(21)8-10-17/h3-11,13,22H,12H2,1-2H3. The SMILES string of the molecule is CC(C)c1ccc(C=C2SC(=O)N(CNc3ccc(I)cc3)C2=O)cc1. The molecule has 4 nitrogen and oxygen atoms in total. The lowest BCUT2D eigenvalue weighted by Gasteiger charge is -2.14. The van der Waals surface area contributed by atoms with Crippen molar-refractivity contribution in [1.82, 2.24) is 4.90 Å². The van der Waals surface area contributed by atoms with Gasteiger partial charge in [0.05, 0.1) is 11.6 Å². The Morgan fingerprint density at radius 3 is 2.35 bits per heavy atom. The van der Waals surface area contributed by atoms with E-state index in [4.69, 9.17) is 0 Å². The monoisotopic (exact) mass is 478 g/mol. The van der Waals surface area contributed by atoms with Crippen molar-refractivity contribution in [3.63, 3.8) is 0 Å². The maximum Gasteiger partial charge on any atom is 0.295 e. The van der Waals surface area contributed by atoms with Gasteiger partial charge in [-0.05, 0) is 81.7 Å². The molecular formula is C20H19IN2O2S. The largest absolute Gasteiger partial charge is 0.367 e. The number of benzene rings is 2. The highest BCUT2D eigenvalue weighted by Crippen LogP contribution is 2.32. The minimum Gasteiger partial charge on any atom is -0.367 e. The van der Waals surface area contributed by atoms with Gasteiger partial charge in [0, 0.05) is 9.26 Å². The van der Waals surface area contributed by atoms with Crippen molar-refractivity contribution in [3.8, 4) is 0 Å². The molecule has 1 saturated heterocycles. The fourth-order valence-corrected chi connectivity index (χ4v) is 3.70. The average Bonchev–Trinajstić information content (AvgIpc) is 2.88. The summed E-state index contributed by atoms with van der Waals surface area (Å²) in [6.07, 6.45) is 1.78. The van der Waals surface area contributed by atoms with Crippen molar-refractivity contribution in [2.45, 2.75) is 19.8 Å². The second-order valence-corrected chi connectivity index (χ2v) is 8.51. The van der Waals surface area contributed by atoms with E-state index >= 15 is 0 Å². The Hall–Kier alpha value is -1.80. The van der Waals surface area contributed by atoms with Gasteiger partial charge in [-0.15, -0.1) is 0 Å². The van der Waals surface area contributed by atoms with Crippen LogP contribution in [0.5, 0.6) is 0 Å². The molecule has 0 aromatic heterocycles. The van der Waals surface area contributed by atoms with Crippen LogP contribution in [0.25, 0.3) is 6.08 Å². The molecule has 0 aliphatic carbocycles. The number of rotatable bonds is 5. The summed E-state index contributed by atoms with van der Waals surface area (Å²) in [5.41, 5.74) is 3.04. The fourth-order valence-electron chi connectivity index (χ4n) is 2.50. The molecule has 2 aromatic carbocycles. The maximum absolute atomic E-state index is 12.5. The average molecular weight is 478 g/mol. The fraction of sp³-hybridized carbons (Fsp3) is 0.200. The zero-order valence-corrected chi connectivity index (χ0v) is 17.5. The number of thioether (sulfide) groups is 1. The van der Waals surface area contributed by atoms with E-state index in [0.29, 0.717) is 10.8 Å². The third kappa shape index (κ3) is 4.48. The lowest BCUT2D eigenvalue weighted by Crippen LogP contribution is -2.33. The Kier molecular flexibility index (Phi) is 6.03. The van der Waals surface area contributed by atoms with Gasteiger partial charge in [0.15, 0.2) is 0 Å². The lowest BCUT2D eigenvalue weighted by atomic mass is 10.0.